The van der Waals surface area contributed by atoms with Gasteiger partial charge in [-0.1, -0.05) is 117 Å². The van der Waals surface area contributed by atoms with Crippen molar-refractivity contribution in [3.05, 3.63) is 132 Å². The molecule has 1 aliphatic rings. The molecule has 0 spiro atoms. The quantitative estimate of drug-likeness (QED) is 0.142. The van der Waals surface area contributed by atoms with Gasteiger partial charge in [0, 0.05) is 11.4 Å². The fourth-order valence-corrected chi connectivity index (χ4v) is 6.93. The van der Waals surface area contributed by atoms with Crippen molar-refractivity contribution >= 4 is 11.4 Å². The number of hydrogen-bond acceptors (Lipinski definition) is 4. The van der Waals surface area contributed by atoms with E-state index in [4.69, 9.17) is 4.98 Å². The fourth-order valence-electron chi connectivity index (χ4n) is 6.93. The zero-order chi connectivity index (χ0) is 35.9. The van der Waals surface area contributed by atoms with Crippen LogP contribution in [0.3, 0.4) is 0 Å². The molecule has 5 aromatic rings. The van der Waals surface area contributed by atoms with E-state index in [-0.39, 0.29) is 38.7 Å². The normalized spacial score (nSPS) is 13.1. The standard InChI is InChI=1S/C45H52N4O.Pt/c1-28(2)34-24-39(31(7)8)44(40(25-34)32(9)10)49-26-41(46-45(49)38-17-11-12-20-42(38)50)33-15-13-16-35(23-33)47-21-22-48(27-47)43-36(29(3)4)18-14-19-37(43)30(5)6;/h11-22,24-32,50H,1-10H3;/q-2;+2. The van der Waals surface area contributed by atoms with E-state index in [2.05, 4.69) is 163 Å². The van der Waals surface area contributed by atoms with Crippen molar-refractivity contribution in [1.29, 1.82) is 0 Å². The largest absolute Gasteiger partial charge is 2.00 e. The first-order chi connectivity index (χ1) is 23.8. The number of nitrogens with zero attached hydrogens (tertiary/aromatic N) is 4. The molecule has 6 heteroatoms. The third kappa shape index (κ3) is 7.60. The predicted molar refractivity (Wildman–Crippen MR) is 210 cm³/mol. The minimum absolute atomic E-state index is 0. The van der Waals surface area contributed by atoms with Crippen LogP contribution in [-0.4, -0.2) is 14.7 Å². The van der Waals surface area contributed by atoms with Crippen molar-refractivity contribution in [3.8, 4) is 34.1 Å². The number of aromatic nitrogens is 2. The molecule has 0 radical (unpaired) electrons. The second-order valence-corrected chi connectivity index (χ2v) is 15.1. The van der Waals surface area contributed by atoms with Gasteiger partial charge in [0.1, 0.15) is 11.6 Å². The summed E-state index contributed by atoms with van der Waals surface area (Å²) in [5.41, 5.74) is 12.3. The van der Waals surface area contributed by atoms with Gasteiger partial charge >= 0.3 is 21.1 Å². The van der Waals surface area contributed by atoms with Gasteiger partial charge in [0.2, 0.25) is 0 Å². The van der Waals surface area contributed by atoms with Gasteiger partial charge in [0.05, 0.1) is 11.3 Å². The van der Waals surface area contributed by atoms with Crippen LogP contribution in [0.2, 0.25) is 0 Å². The topological polar surface area (TPSA) is 44.5 Å². The van der Waals surface area contributed by atoms with Crippen molar-refractivity contribution < 1.29 is 26.2 Å². The Bertz CT molecular complexity index is 1960. The number of para-hydroxylation sites is 2. The van der Waals surface area contributed by atoms with E-state index in [1.165, 1.54) is 33.5 Å². The minimum Gasteiger partial charge on any atom is -0.507 e. The third-order valence-corrected chi connectivity index (χ3v) is 9.76. The summed E-state index contributed by atoms with van der Waals surface area (Å²) in [5, 5.41) is 11.1. The number of benzene rings is 4. The summed E-state index contributed by atoms with van der Waals surface area (Å²) in [5.74, 6) is 2.71. The average molecular weight is 860 g/mol. The summed E-state index contributed by atoms with van der Waals surface area (Å²) in [6, 6.07) is 28.8. The molecule has 1 aromatic heterocycles. The van der Waals surface area contributed by atoms with Crippen LogP contribution in [0.1, 0.15) is 127 Å². The van der Waals surface area contributed by atoms with E-state index < -0.39 is 0 Å². The van der Waals surface area contributed by atoms with Crippen LogP contribution >= 0.6 is 0 Å². The first-order valence-electron chi connectivity index (χ1n) is 18.2. The molecule has 0 amide bonds. The van der Waals surface area contributed by atoms with Crippen molar-refractivity contribution in [2.45, 2.75) is 98.8 Å². The van der Waals surface area contributed by atoms with Gasteiger partial charge < -0.3 is 19.5 Å². The molecule has 1 aliphatic heterocycles. The Kier molecular flexibility index (Phi) is 11.7. The van der Waals surface area contributed by atoms with Crippen LogP contribution in [0.25, 0.3) is 28.3 Å². The Morgan fingerprint density at radius 3 is 1.76 bits per heavy atom. The maximum Gasteiger partial charge on any atom is 2.00 e. The van der Waals surface area contributed by atoms with Gasteiger partial charge in [-0.2, -0.15) is 0 Å². The van der Waals surface area contributed by atoms with E-state index in [1.807, 2.05) is 18.2 Å². The van der Waals surface area contributed by atoms with Crippen LogP contribution in [0, 0.1) is 12.7 Å². The summed E-state index contributed by atoms with van der Waals surface area (Å²) < 4.78 is 2.21. The molecule has 6 rings (SSSR count). The summed E-state index contributed by atoms with van der Waals surface area (Å²) >= 11 is 0. The molecule has 1 N–H and O–H groups in total. The average Bonchev–Trinajstić information content (AvgIpc) is 3.76. The molecule has 5 nitrogen and oxygen atoms in total. The molecule has 0 saturated carbocycles. The summed E-state index contributed by atoms with van der Waals surface area (Å²) in [6.07, 6.45) is 6.37. The fraction of sp³-hybridized carbons (Fsp3) is 0.333. The molecule has 0 bridgehead atoms. The maximum absolute atomic E-state index is 11.1. The van der Waals surface area contributed by atoms with Gasteiger partial charge in [-0.3, -0.25) is 4.98 Å². The molecule has 0 fully saturated rings. The predicted octanol–water partition coefficient (Wildman–Crippen LogP) is 12.2. The molecular formula is C45H52N4OPt. The van der Waals surface area contributed by atoms with Gasteiger partial charge in [0.25, 0.3) is 0 Å². The number of phenolic OH excluding ortho intramolecular Hbond substituents is 1. The Morgan fingerprint density at radius 1 is 0.627 bits per heavy atom. The molecule has 268 valence electrons. The Balaban J connectivity index is 0.00000504. The van der Waals surface area contributed by atoms with Crippen molar-refractivity contribution in [2.24, 2.45) is 0 Å². The van der Waals surface area contributed by atoms with Gasteiger partial charge in [-0.25, -0.2) is 0 Å². The van der Waals surface area contributed by atoms with Crippen LogP contribution < -0.4 is 9.80 Å². The zero-order valence-electron chi connectivity index (χ0n) is 31.7. The van der Waals surface area contributed by atoms with E-state index in [1.54, 1.807) is 6.07 Å². The van der Waals surface area contributed by atoms with Crippen LogP contribution in [0.15, 0.2) is 91.4 Å². The Hall–Kier alpha value is -4.08. The molecule has 0 saturated heterocycles. The van der Waals surface area contributed by atoms with Crippen molar-refractivity contribution in [1.82, 2.24) is 9.55 Å². The van der Waals surface area contributed by atoms with Crippen LogP contribution in [0.4, 0.5) is 11.4 Å². The SMILES string of the molecule is CC(C)c1cc(C(C)C)c(-n2cc(-c3[c-]c(N4C=CN(c5c(C(C)C)cccc5C(C)C)[CH-]4)ccc3)nc2-c2ccccc2O)c(C(C)C)c1.[Pt+2]. The number of aromatic hydroxyl groups is 1. The van der Waals surface area contributed by atoms with E-state index in [9.17, 15) is 5.11 Å². The Labute approximate surface area is 320 Å². The number of hydrogen-bond donors (Lipinski definition) is 1. The molecule has 51 heavy (non-hydrogen) atoms. The first kappa shape index (κ1) is 38.2. The van der Waals surface area contributed by atoms with Crippen LogP contribution in [0.5, 0.6) is 5.75 Å². The van der Waals surface area contributed by atoms with E-state index in [0.29, 0.717) is 29.1 Å². The maximum atomic E-state index is 11.1. The van der Waals surface area contributed by atoms with Crippen molar-refractivity contribution in [2.75, 3.05) is 9.80 Å². The van der Waals surface area contributed by atoms with Crippen molar-refractivity contribution in [3.63, 3.8) is 0 Å². The Morgan fingerprint density at radius 2 is 1.20 bits per heavy atom. The molecule has 4 aromatic carbocycles. The third-order valence-electron chi connectivity index (χ3n) is 9.76. The molecule has 2 heterocycles. The monoisotopic (exact) mass is 859 g/mol. The number of imidazole rings is 1. The molecule has 0 atom stereocenters. The van der Waals surface area contributed by atoms with E-state index >= 15 is 0 Å². The van der Waals surface area contributed by atoms with Gasteiger partial charge in [-0.15, -0.1) is 36.5 Å². The summed E-state index contributed by atoms with van der Waals surface area (Å²) in [6.45, 7) is 24.7. The first-order valence-corrected chi connectivity index (χ1v) is 18.2. The van der Waals surface area contributed by atoms with Crippen LogP contribution in [-0.2, 0) is 21.1 Å². The van der Waals surface area contributed by atoms with E-state index in [0.717, 1.165) is 22.6 Å². The number of rotatable bonds is 10. The van der Waals surface area contributed by atoms with Gasteiger partial charge in [-0.05, 0) is 88.1 Å². The smallest absolute Gasteiger partial charge is 0.507 e. The number of phenols is 1. The minimum atomic E-state index is 0. The second-order valence-electron chi connectivity index (χ2n) is 15.1. The summed E-state index contributed by atoms with van der Waals surface area (Å²) in [7, 11) is 0. The summed E-state index contributed by atoms with van der Waals surface area (Å²) in [4.78, 5) is 9.63. The number of anilines is 2. The molecule has 0 aliphatic carbocycles. The van der Waals surface area contributed by atoms with Gasteiger partial charge in [0.15, 0.2) is 0 Å². The zero-order valence-corrected chi connectivity index (χ0v) is 33.9. The molecular weight excluding hydrogens is 808 g/mol. The molecule has 0 unspecified atom stereocenters. The second kappa shape index (κ2) is 15.7.